The molecule has 0 atom stereocenters. The van der Waals surface area contributed by atoms with Gasteiger partial charge in [-0.15, -0.1) is 13.2 Å². The van der Waals surface area contributed by atoms with Gasteiger partial charge < -0.3 is 14.5 Å². The van der Waals surface area contributed by atoms with Gasteiger partial charge in [0.25, 0.3) is 0 Å². The van der Waals surface area contributed by atoms with E-state index in [0.717, 1.165) is 0 Å². The molecule has 0 aliphatic rings. The number of carbonyl (C=O) groups is 1. The van der Waals surface area contributed by atoms with Crippen LogP contribution in [-0.2, 0) is 24.2 Å². The largest absolute Gasteiger partial charge is 0.573 e. The fourth-order valence-electron chi connectivity index (χ4n) is 1.88. The number of halogens is 3. The van der Waals surface area contributed by atoms with Crippen LogP contribution < -0.4 is 10.1 Å². The summed E-state index contributed by atoms with van der Waals surface area (Å²) in [6.07, 6.45) is -2.71. The van der Waals surface area contributed by atoms with E-state index in [1.54, 1.807) is 6.07 Å². The van der Waals surface area contributed by atoms with Crippen LogP contribution in [0.15, 0.2) is 34.9 Å². The van der Waals surface area contributed by atoms with Crippen LogP contribution in [0, 0.1) is 0 Å². The highest BCUT2D eigenvalue weighted by Crippen LogP contribution is 2.23. The molecule has 0 radical (unpaired) electrons. The standard InChI is InChI=1S/C15H15F3N2O3/c1-2-14-20-11(9-22-14)8-19-13(21)7-10-4-3-5-12(6-10)23-15(16,17)18/h3-6,9H,2,7-8H2,1H3,(H,19,21). The van der Waals surface area contributed by atoms with Gasteiger partial charge in [-0.3, -0.25) is 4.79 Å². The molecule has 0 fully saturated rings. The highest BCUT2D eigenvalue weighted by atomic mass is 19.4. The average Bonchev–Trinajstić information content (AvgIpc) is 2.92. The number of rotatable bonds is 6. The van der Waals surface area contributed by atoms with E-state index in [2.05, 4.69) is 15.0 Å². The zero-order valence-electron chi connectivity index (χ0n) is 12.3. The number of oxazole rings is 1. The van der Waals surface area contributed by atoms with Crippen molar-refractivity contribution in [3.63, 3.8) is 0 Å². The van der Waals surface area contributed by atoms with Gasteiger partial charge >= 0.3 is 6.36 Å². The Morgan fingerprint density at radius 2 is 2.17 bits per heavy atom. The third-order valence-electron chi connectivity index (χ3n) is 2.87. The third-order valence-corrected chi connectivity index (χ3v) is 2.87. The molecule has 0 unspecified atom stereocenters. The second kappa shape index (κ2) is 7.17. The Balaban J connectivity index is 1.88. The smallest absolute Gasteiger partial charge is 0.449 e. The Morgan fingerprint density at radius 1 is 1.39 bits per heavy atom. The number of aryl methyl sites for hydroxylation is 1. The number of nitrogens with zero attached hydrogens (tertiary/aromatic N) is 1. The molecule has 0 aliphatic heterocycles. The Bertz CT molecular complexity index is 668. The number of benzene rings is 1. The van der Waals surface area contributed by atoms with Crippen molar-refractivity contribution < 1.29 is 27.1 Å². The minimum atomic E-state index is -4.76. The summed E-state index contributed by atoms with van der Waals surface area (Å²) in [6, 6.07) is 5.30. The van der Waals surface area contributed by atoms with Crippen LogP contribution in [0.1, 0.15) is 24.1 Å². The Kier molecular flexibility index (Phi) is 5.25. The third kappa shape index (κ3) is 5.65. The number of amides is 1. The molecule has 5 nitrogen and oxygen atoms in total. The molecule has 0 aliphatic carbocycles. The molecule has 124 valence electrons. The molecule has 0 bridgehead atoms. The van der Waals surface area contributed by atoms with Gasteiger partial charge in [0.05, 0.1) is 18.7 Å². The van der Waals surface area contributed by atoms with Crippen LogP contribution in [0.25, 0.3) is 0 Å². The second-order valence-corrected chi connectivity index (χ2v) is 4.73. The van der Waals surface area contributed by atoms with E-state index in [0.29, 0.717) is 23.6 Å². The minimum Gasteiger partial charge on any atom is -0.449 e. The first-order valence-electron chi connectivity index (χ1n) is 6.90. The zero-order valence-corrected chi connectivity index (χ0v) is 12.3. The van der Waals surface area contributed by atoms with E-state index in [-0.39, 0.29) is 24.6 Å². The highest BCUT2D eigenvalue weighted by molar-refractivity contribution is 5.78. The number of carbonyl (C=O) groups excluding carboxylic acids is 1. The Labute approximate surface area is 130 Å². The van der Waals surface area contributed by atoms with Crippen LogP contribution >= 0.6 is 0 Å². The molecule has 1 amide bonds. The topological polar surface area (TPSA) is 64.4 Å². The first-order valence-corrected chi connectivity index (χ1v) is 6.90. The number of aromatic nitrogens is 1. The van der Waals surface area contributed by atoms with Crippen LogP contribution in [-0.4, -0.2) is 17.3 Å². The first kappa shape index (κ1) is 16.9. The van der Waals surface area contributed by atoms with E-state index in [9.17, 15) is 18.0 Å². The normalized spacial score (nSPS) is 11.3. The SMILES string of the molecule is CCc1nc(CNC(=O)Cc2cccc(OC(F)(F)F)c2)co1. The van der Waals surface area contributed by atoms with Crippen molar-refractivity contribution in [1.82, 2.24) is 10.3 Å². The molecular formula is C15H15F3N2O3. The van der Waals surface area contributed by atoms with Gasteiger partial charge in [-0.25, -0.2) is 4.98 Å². The van der Waals surface area contributed by atoms with Crippen LogP contribution in [0.4, 0.5) is 13.2 Å². The lowest BCUT2D eigenvalue weighted by Gasteiger charge is -2.10. The van der Waals surface area contributed by atoms with Crippen molar-refractivity contribution in [3.05, 3.63) is 47.7 Å². The number of alkyl halides is 3. The molecule has 0 saturated carbocycles. The molecule has 23 heavy (non-hydrogen) atoms. The van der Waals surface area contributed by atoms with Crippen LogP contribution in [0.2, 0.25) is 0 Å². The van der Waals surface area contributed by atoms with Crippen molar-refractivity contribution >= 4 is 5.91 Å². The molecule has 8 heteroatoms. The molecule has 0 saturated heterocycles. The maximum absolute atomic E-state index is 12.2. The van der Waals surface area contributed by atoms with E-state index in [1.807, 2.05) is 6.92 Å². The summed E-state index contributed by atoms with van der Waals surface area (Å²) in [4.78, 5) is 16.0. The van der Waals surface area contributed by atoms with Crippen molar-refractivity contribution in [2.75, 3.05) is 0 Å². The monoisotopic (exact) mass is 328 g/mol. The summed E-state index contributed by atoms with van der Waals surface area (Å²) in [5.41, 5.74) is 1.00. The second-order valence-electron chi connectivity index (χ2n) is 4.73. The molecular weight excluding hydrogens is 313 g/mol. The molecule has 1 aromatic carbocycles. The highest BCUT2D eigenvalue weighted by Gasteiger charge is 2.31. The zero-order chi connectivity index (χ0) is 16.9. The number of hydrogen-bond acceptors (Lipinski definition) is 4. The Morgan fingerprint density at radius 3 is 2.83 bits per heavy atom. The lowest BCUT2D eigenvalue weighted by Crippen LogP contribution is -2.24. The van der Waals surface area contributed by atoms with Gasteiger partial charge in [-0.1, -0.05) is 19.1 Å². The fourth-order valence-corrected chi connectivity index (χ4v) is 1.88. The molecule has 1 N–H and O–H groups in total. The molecule has 2 aromatic rings. The van der Waals surface area contributed by atoms with E-state index < -0.39 is 6.36 Å². The lowest BCUT2D eigenvalue weighted by atomic mass is 10.1. The summed E-state index contributed by atoms with van der Waals surface area (Å²) in [7, 11) is 0. The summed E-state index contributed by atoms with van der Waals surface area (Å²) >= 11 is 0. The molecule has 1 heterocycles. The summed E-state index contributed by atoms with van der Waals surface area (Å²) in [5.74, 6) is -0.117. The maximum Gasteiger partial charge on any atom is 0.573 e. The number of hydrogen-bond donors (Lipinski definition) is 1. The predicted octanol–water partition coefficient (Wildman–Crippen LogP) is 2.99. The van der Waals surface area contributed by atoms with Gasteiger partial charge in [0, 0.05) is 6.42 Å². The molecule has 1 aromatic heterocycles. The van der Waals surface area contributed by atoms with Gasteiger partial charge in [0.2, 0.25) is 5.91 Å². The van der Waals surface area contributed by atoms with E-state index in [4.69, 9.17) is 4.42 Å². The van der Waals surface area contributed by atoms with Crippen molar-refractivity contribution in [2.24, 2.45) is 0 Å². The average molecular weight is 328 g/mol. The minimum absolute atomic E-state index is 0.0620. The predicted molar refractivity (Wildman–Crippen MR) is 74.6 cm³/mol. The summed E-state index contributed by atoms with van der Waals surface area (Å²) < 4.78 is 45.4. The Hall–Kier alpha value is -2.51. The summed E-state index contributed by atoms with van der Waals surface area (Å²) in [6.45, 7) is 2.09. The van der Waals surface area contributed by atoms with Crippen LogP contribution in [0.5, 0.6) is 5.75 Å². The quantitative estimate of drug-likeness (QED) is 0.885. The van der Waals surface area contributed by atoms with Crippen molar-refractivity contribution in [1.29, 1.82) is 0 Å². The number of nitrogens with one attached hydrogen (secondary N) is 1. The lowest BCUT2D eigenvalue weighted by molar-refractivity contribution is -0.274. The molecule has 2 rings (SSSR count). The van der Waals surface area contributed by atoms with Crippen molar-refractivity contribution in [3.8, 4) is 5.75 Å². The first-order chi connectivity index (χ1) is 10.9. The number of ether oxygens (including phenoxy) is 1. The van der Waals surface area contributed by atoms with Gasteiger partial charge in [0.15, 0.2) is 5.89 Å². The van der Waals surface area contributed by atoms with Crippen molar-refractivity contribution in [2.45, 2.75) is 32.7 Å². The van der Waals surface area contributed by atoms with Gasteiger partial charge in [0.1, 0.15) is 12.0 Å². The van der Waals surface area contributed by atoms with E-state index >= 15 is 0 Å². The fraction of sp³-hybridized carbons (Fsp3) is 0.333. The van der Waals surface area contributed by atoms with Gasteiger partial charge in [-0.2, -0.15) is 0 Å². The van der Waals surface area contributed by atoms with Crippen LogP contribution in [0.3, 0.4) is 0 Å². The molecule has 0 spiro atoms. The maximum atomic E-state index is 12.2. The van der Waals surface area contributed by atoms with Gasteiger partial charge in [-0.05, 0) is 17.7 Å². The van der Waals surface area contributed by atoms with E-state index in [1.165, 1.54) is 24.5 Å². The summed E-state index contributed by atoms with van der Waals surface area (Å²) in [5, 5.41) is 2.63.